The molecule has 194 valence electrons. The number of carbonyl (C=O) groups excluding carboxylic acids is 3. The summed E-state index contributed by atoms with van der Waals surface area (Å²) in [4.78, 5) is 48.7. The first kappa shape index (κ1) is 26.3. The molecule has 0 atom stereocenters. The molecule has 4 rings (SSSR count). The Kier molecular flexibility index (Phi) is 8.18. The molecule has 0 fully saturated rings. The number of thioether (sulfide) groups is 1. The number of primary amides is 1. The molecular weight excluding hydrogens is 518 g/mol. The highest BCUT2D eigenvalue weighted by atomic mass is 32.2. The van der Waals surface area contributed by atoms with Crippen molar-refractivity contribution in [2.45, 2.75) is 50.9 Å². The van der Waals surface area contributed by atoms with Gasteiger partial charge in [0.1, 0.15) is 5.00 Å². The molecule has 2 heterocycles. The van der Waals surface area contributed by atoms with E-state index in [-0.39, 0.29) is 29.5 Å². The summed E-state index contributed by atoms with van der Waals surface area (Å²) in [6.07, 6.45) is 3.71. The monoisotopic (exact) mass is 543 g/mol. The van der Waals surface area contributed by atoms with Gasteiger partial charge in [-0.2, -0.15) is 0 Å². The number of anilines is 1. The van der Waals surface area contributed by atoms with Crippen LogP contribution in [0.4, 0.5) is 10.7 Å². The maximum Gasteiger partial charge on any atom is 0.270 e. The van der Waals surface area contributed by atoms with Crippen LogP contribution in [-0.4, -0.2) is 43.2 Å². The van der Waals surface area contributed by atoms with Gasteiger partial charge in [0.05, 0.1) is 22.8 Å². The number of rotatable bonds is 10. The van der Waals surface area contributed by atoms with Gasteiger partial charge in [0, 0.05) is 29.1 Å². The number of nitrogens with one attached hydrogen (secondary N) is 2. The van der Waals surface area contributed by atoms with Crippen LogP contribution in [0.15, 0.2) is 29.4 Å². The van der Waals surface area contributed by atoms with Crippen molar-refractivity contribution in [1.82, 2.24) is 20.1 Å². The molecule has 2 aromatic heterocycles. The van der Waals surface area contributed by atoms with Crippen molar-refractivity contribution in [1.29, 1.82) is 0 Å². The fourth-order valence-corrected chi connectivity index (χ4v) is 6.24. The first-order valence-electron chi connectivity index (χ1n) is 11.6. The van der Waals surface area contributed by atoms with E-state index in [1.807, 2.05) is 6.92 Å². The zero-order chi connectivity index (χ0) is 26.5. The summed E-state index contributed by atoms with van der Waals surface area (Å²) in [5.74, 6) is -0.793. The Labute approximate surface area is 220 Å². The normalized spacial score (nSPS) is 12.6. The number of nitro benzene ring substituents is 1. The molecule has 1 aliphatic rings. The number of fused-ring (bicyclic) bond motifs is 1. The number of aryl methyl sites for hydroxylation is 1. The lowest BCUT2D eigenvalue weighted by Gasteiger charge is -2.11. The predicted molar refractivity (Wildman–Crippen MR) is 139 cm³/mol. The first-order valence-corrected chi connectivity index (χ1v) is 13.4. The Hall–Kier alpha value is -3.78. The van der Waals surface area contributed by atoms with Crippen LogP contribution in [0.25, 0.3) is 0 Å². The number of thiophene rings is 1. The molecule has 1 aromatic carbocycles. The number of nitrogens with zero attached hydrogens (tertiary/aromatic N) is 4. The molecule has 0 bridgehead atoms. The molecule has 37 heavy (non-hydrogen) atoms. The van der Waals surface area contributed by atoms with E-state index >= 15 is 0 Å². The Balaban J connectivity index is 1.37. The fraction of sp³-hybridized carbons (Fsp3) is 0.348. The maximum atomic E-state index is 12.7. The number of non-ortho nitro benzene ring substituents is 1. The summed E-state index contributed by atoms with van der Waals surface area (Å²) in [5, 5.41) is 25.7. The van der Waals surface area contributed by atoms with Crippen molar-refractivity contribution < 1.29 is 19.3 Å². The highest BCUT2D eigenvalue weighted by molar-refractivity contribution is 7.99. The number of carbonyl (C=O) groups is 3. The van der Waals surface area contributed by atoms with Crippen molar-refractivity contribution in [3.63, 3.8) is 0 Å². The van der Waals surface area contributed by atoms with E-state index in [4.69, 9.17) is 5.73 Å². The average Bonchev–Trinajstić information content (AvgIpc) is 3.46. The Morgan fingerprint density at radius 3 is 2.76 bits per heavy atom. The Morgan fingerprint density at radius 2 is 2.03 bits per heavy atom. The van der Waals surface area contributed by atoms with Crippen LogP contribution in [0.5, 0.6) is 0 Å². The van der Waals surface area contributed by atoms with Crippen LogP contribution in [0, 0.1) is 10.1 Å². The zero-order valence-electron chi connectivity index (χ0n) is 20.0. The van der Waals surface area contributed by atoms with Gasteiger partial charge in [-0.1, -0.05) is 17.8 Å². The highest BCUT2D eigenvalue weighted by Crippen LogP contribution is 2.38. The van der Waals surface area contributed by atoms with E-state index in [0.717, 1.165) is 36.1 Å². The lowest BCUT2D eigenvalue weighted by atomic mass is 9.95. The predicted octanol–water partition coefficient (Wildman–Crippen LogP) is 2.91. The van der Waals surface area contributed by atoms with Crippen LogP contribution in [-0.2, 0) is 30.7 Å². The van der Waals surface area contributed by atoms with E-state index < -0.39 is 16.7 Å². The van der Waals surface area contributed by atoms with Gasteiger partial charge in [-0.15, -0.1) is 21.5 Å². The maximum absolute atomic E-state index is 12.7. The van der Waals surface area contributed by atoms with Crippen molar-refractivity contribution in [2.75, 3.05) is 11.1 Å². The highest BCUT2D eigenvalue weighted by Gasteiger charge is 2.25. The molecule has 4 N–H and O–H groups in total. The molecule has 0 radical (unpaired) electrons. The molecule has 12 nitrogen and oxygen atoms in total. The summed E-state index contributed by atoms with van der Waals surface area (Å²) in [7, 11) is 0. The summed E-state index contributed by atoms with van der Waals surface area (Å²) < 4.78 is 1.77. The van der Waals surface area contributed by atoms with E-state index in [1.165, 1.54) is 47.4 Å². The third-order valence-corrected chi connectivity index (χ3v) is 8.01. The van der Waals surface area contributed by atoms with Crippen LogP contribution < -0.4 is 16.4 Å². The van der Waals surface area contributed by atoms with Crippen LogP contribution in [0.3, 0.4) is 0 Å². The SMILES string of the molecule is CCn1c(CNC(=O)c2cccc([N+](=O)[O-])c2)nnc1SCC(=O)Nc1sc2c(c1C(N)=O)CCCC2. The number of aromatic nitrogens is 3. The largest absolute Gasteiger partial charge is 0.365 e. The Morgan fingerprint density at radius 1 is 1.24 bits per heavy atom. The summed E-state index contributed by atoms with van der Waals surface area (Å²) in [6, 6.07) is 5.44. The molecule has 0 saturated heterocycles. The molecular formula is C23H25N7O5S2. The minimum absolute atomic E-state index is 0.0406. The van der Waals surface area contributed by atoms with Crippen LogP contribution in [0.1, 0.15) is 56.7 Å². The molecule has 0 spiro atoms. The second-order valence-electron chi connectivity index (χ2n) is 8.25. The summed E-state index contributed by atoms with van der Waals surface area (Å²) >= 11 is 2.59. The number of nitrogens with two attached hydrogens (primary N) is 1. The van der Waals surface area contributed by atoms with E-state index in [2.05, 4.69) is 20.8 Å². The smallest absolute Gasteiger partial charge is 0.270 e. The fourth-order valence-electron chi connectivity index (χ4n) is 4.10. The van der Waals surface area contributed by atoms with Gasteiger partial charge in [-0.25, -0.2) is 0 Å². The standard InChI is InChI=1S/C23H25N7O5S2/c1-2-29-17(11-25-21(33)13-6-5-7-14(10-13)30(34)35)27-28-23(29)36-12-18(31)26-22-19(20(24)32)15-8-3-4-9-16(15)37-22/h5-7,10H,2-4,8-9,11-12H2,1H3,(H2,24,32)(H,25,33)(H,26,31). The molecule has 3 amide bonds. The topological polar surface area (TPSA) is 175 Å². The van der Waals surface area contributed by atoms with E-state index in [1.54, 1.807) is 4.57 Å². The van der Waals surface area contributed by atoms with Crippen molar-refractivity contribution in [3.05, 3.63) is 61.8 Å². The van der Waals surface area contributed by atoms with Gasteiger partial charge in [0.25, 0.3) is 17.5 Å². The molecule has 0 unspecified atom stereocenters. The Bertz CT molecular complexity index is 1370. The molecule has 1 aliphatic carbocycles. The van der Waals surface area contributed by atoms with Crippen molar-refractivity contribution in [3.8, 4) is 0 Å². The van der Waals surface area contributed by atoms with Gasteiger partial charge in [-0.05, 0) is 44.2 Å². The van der Waals surface area contributed by atoms with Crippen LogP contribution in [0.2, 0.25) is 0 Å². The molecule has 3 aromatic rings. The quantitative estimate of drug-likeness (QED) is 0.199. The lowest BCUT2D eigenvalue weighted by molar-refractivity contribution is -0.384. The number of nitro groups is 1. The number of hydrogen-bond donors (Lipinski definition) is 3. The number of amides is 3. The second-order valence-corrected chi connectivity index (χ2v) is 10.3. The molecule has 0 aliphatic heterocycles. The second kappa shape index (κ2) is 11.5. The molecule has 0 saturated carbocycles. The average molecular weight is 544 g/mol. The van der Waals surface area contributed by atoms with Gasteiger partial charge >= 0.3 is 0 Å². The first-order chi connectivity index (χ1) is 17.8. The number of hydrogen-bond acceptors (Lipinski definition) is 9. The van der Waals surface area contributed by atoms with Gasteiger partial charge in [0.2, 0.25) is 5.91 Å². The van der Waals surface area contributed by atoms with Gasteiger partial charge < -0.3 is 20.9 Å². The lowest BCUT2D eigenvalue weighted by Crippen LogP contribution is -2.25. The minimum atomic E-state index is -0.564. The molecule has 14 heteroatoms. The van der Waals surface area contributed by atoms with Crippen molar-refractivity contribution in [2.24, 2.45) is 5.73 Å². The third-order valence-electron chi connectivity index (χ3n) is 5.84. The van der Waals surface area contributed by atoms with E-state index in [9.17, 15) is 24.5 Å². The summed E-state index contributed by atoms with van der Waals surface area (Å²) in [5.41, 5.74) is 6.95. The number of benzene rings is 1. The van der Waals surface area contributed by atoms with Gasteiger partial charge in [-0.3, -0.25) is 24.5 Å². The van der Waals surface area contributed by atoms with Crippen LogP contribution >= 0.6 is 23.1 Å². The zero-order valence-corrected chi connectivity index (χ0v) is 21.6. The minimum Gasteiger partial charge on any atom is -0.365 e. The summed E-state index contributed by atoms with van der Waals surface area (Å²) in [6.45, 7) is 2.44. The van der Waals surface area contributed by atoms with Crippen molar-refractivity contribution >= 4 is 51.5 Å². The van der Waals surface area contributed by atoms with E-state index in [0.29, 0.717) is 28.1 Å². The van der Waals surface area contributed by atoms with Gasteiger partial charge in [0.15, 0.2) is 11.0 Å². The third kappa shape index (κ3) is 5.97.